The molecule has 5 nitrogen and oxygen atoms in total. The third-order valence-corrected chi connectivity index (χ3v) is 4.15. The number of halogens is 3. The van der Waals surface area contributed by atoms with Gasteiger partial charge in [0.05, 0.1) is 12.3 Å². The van der Waals surface area contributed by atoms with E-state index in [1.807, 2.05) is 6.07 Å². The van der Waals surface area contributed by atoms with Crippen LogP contribution >= 0.6 is 0 Å². The molecule has 0 bridgehead atoms. The molecule has 8 heteroatoms. The minimum absolute atomic E-state index is 0.0293. The topological polar surface area (TPSA) is 55.8 Å². The number of likely N-dealkylation sites (tertiary alicyclic amines) is 1. The number of hydrogen-bond donors (Lipinski definition) is 0. The molecule has 1 saturated heterocycles. The molecule has 0 N–H and O–H groups in total. The first-order valence-corrected chi connectivity index (χ1v) is 8.71. The minimum Gasteiger partial charge on any atom is -0.461 e. The Morgan fingerprint density at radius 1 is 1.15 bits per heavy atom. The van der Waals surface area contributed by atoms with Crippen molar-refractivity contribution in [3.63, 3.8) is 0 Å². The maximum Gasteiger partial charge on any atom is 0.410 e. The Labute approximate surface area is 156 Å². The van der Waals surface area contributed by atoms with Crippen LogP contribution in [0.2, 0.25) is 0 Å². The summed E-state index contributed by atoms with van der Waals surface area (Å²) in [5.41, 5.74) is -0.0689. The predicted octanol–water partition coefficient (Wildman–Crippen LogP) is 4.31. The van der Waals surface area contributed by atoms with E-state index in [2.05, 4.69) is 0 Å². The minimum atomic E-state index is -4.44. The summed E-state index contributed by atoms with van der Waals surface area (Å²) < 4.78 is 49.7. The third-order valence-electron chi connectivity index (χ3n) is 4.15. The SMILES string of the molecule is CC(C)(C)OC(=O)N1C[C@H](C(F)(F)F)C[C@H]1CC(=O)OCc1ccccc1. The summed E-state index contributed by atoms with van der Waals surface area (Å²) in [6, 6.07) is 8.04. The van der Waals surface area contributed by atoms with Gasteiger partial charge in [0.2, 0.25) is 0 Å². The molecule has 0 aliphatic carbocycles. The summed E-state index contributed by atoms with van der Waals surface area (Å²) in [4.78, 5) is 25.4. The highest BCUT2D eigenvalue weighted by molar-refractivity contribution is 5.73. The number of benzene rings is 1. The molecule has 0 unspecified atom stereocenters. The maximum absolute atomic E-state index is 13.1. The number of esters is 1. The van der Waals surface area contributed by atoms with Crippen molar-refractivity contribution in [1.29, 1.82) is 0 Å². The average molecular weight is 387 g/mol. The van der Waals surface area contributed by atoms with Crippen LogP contribution in [0.25, 0.3) is 0 Å². The first-order valence-electron chi connectivity index (χ1n) is 8.71. The van der Waals surface area contributed by atoms with Crippen molar-refractivity contribution in [1.82, 2.24) is 4.90 Å². The Balaban J connectivity index is 2.01. The summed E-state index contributed by atoms with van der Waals surface area (Å²) in [5.74, 6) is -2.34. The van der Waals surface area contributed by atoms with E-state index < -0.39 is 42.3 Å². The molecule has 1 heterocycles. The van der Waals surface area contributed by atoms with Gasteiger partial charge in [0.15, 0.2) is 0 Å². The molecule has 1 aliphatic heterocycles. The predicted molar refractivity (Wildman–Crippen MR) is 91.7 cm³/mol. The van der Waals surface area contributed by atoms with Gasteiger partial charge in [-0.05, 0) is 32.8 Å². The normalized spacial score (nSPS) is 20.4. The number of ether oxygens (including phenoxy) is 2. The maximum atomic E-state index is 13.1. The van der Waals surface area contributed by atoms with Gasteiger partial charge in [-0.25, -0.2) is 4.79 Å². The highest BCUT2D eigenvalue weighted by atomic mass is 19.4. The zero-order valence-corrected chi connectivity index (χ0v) is 15.6. The lowest BCUT2D eigenvalue weighted by Crippen LogP contribution is -2.41. The van der Waals surface area contributed by atoms with Crippen LogP contribution in [0.5, 0.6) is 0 Å². The largest absolute Gasteiger partial charge is 0.461 e. The number of carbonyl (C=O) groups is 2. The molecule has 0 spiro atoms. The summed E-state index contributed by atoms with van der Waals surface area (Å²) in [6.45, 7) is 4.40. The Bertz CT molecular complexity index is 655. The van der Waals surface area contributed by atoms with E-state index >= 15 is 0 Å². The van der Waals surface area contributed by atoms with Crippen molar-refractivity contribution in [2.75, 3.05) is 6.54 Å². The number of alkyl halides is 3. The monoisotopic (exact) mass is 387 g/mol. The second-order valence-electron chi connectivity index (χ2n) is 7.61. The second-order valence-corrected chi connectivity index (χ2v) is 7.61. The highest BCUT2D eigenvalue weighted by Gasteiger charge is 2.50. The average Bonchev–Trinajstić information content (AvgIpc) is 2.96. The van der Waals surface area contributed by atoms with Crippen LogP contribution in [-0.2, 0) is 20.9 Å². The first kappa shape index (κ1) is 21.1. The molecule has 2 rings (SSSR count). The van der Waals surface area contributed by atoms with Crippen LogP contribution in [0.3, 0.4) is 0 Å². The molecule has 1 aliphatic rings. The molecule has 1 aromatic rings. The lowest BCUT2D eigenvalue weighted by Gasteiger charge is -2.28. The smallest absolute Gasteiger partial charge is 0.410 e. The Morgan fingerprint density at radius 3 is 2.33 bits per heavy atom. The van der Waals surface area contributed by atoms with Crippen LogP contribution in [0.1, 0.15) is 39.2 Å². The van der Waals surface area contributed by atoms with E-state index in [0.717, 1.165) is 10.5 Å². The van der Waals surface area contributed by atoms with Crippen molar-refractivity contribution >= 4 is 12.1 Å². The summed E-state index contributed by atoms with van der Waals surface area (Å²) in [6.07, 6.45) is -5.94. The zero-order valence-electron chi connectivity index (χ0n) is 15.6. The molecule has 1 amide bonds. The van der Waals surface area contributed by atoms with E-state index in [9.17, 15) is 22.8 Å². The van der Waals surface area contributed by atoms with E-state index in [1.54, 1.807) is 45.0 Å². The van der Waals surface area contributed by atoms with Crippen molar-refractivity contribution in [3.8, 4) is 0 Å². The third kappa shape index (κ3) is 6.45. The summed E-state index contributed by atoms with van der Waals surface area (Å²) in [5, 5.41) is 0. The fourth-order valence-corrected chi connectivity index (χ4v) is 2.88. The molecule has 0 saturated carbocycles. The van der Waals surface area contributed by atoms with Gasteiger partial charge in [-0.2, -0.15) is 13.2 Å². The molecule has 0 radical (unpaired) electrons. The van der Waals surface area contributed by atoms with Crippen molar-refractivity contribution in [2.45, 2.75) is 58.0 Å². The van der Waals surface area contributed by atoms with Crippen molar-refractivity contribution in [2.24, 2.45) is 5.92 Å². The molecule has 27 heavy (non-hydrogen) atoms. The summed E-state index contributed by atoms with van der Waals surface area (Å²) >= 11 is 0. The molecule has 150 valence electrons. The van der Waals surface area contributed by atoms with E-state index in [4.69, 9.17) is 9.47 Å². The molecule has 1 fully saturated rings. The lowest BCUT2D eigenvalue weighted by molar-refractivity contribution is -0.170. The van der Waals surface area contributed by atoms with Crippen molar-refractivity contribution < 1.29 is 32.2 Å². The lowest BCUT2D eigenvalue weighted by atomic mass is 10.0. The van der Waals surface area contributed by atoms with Gasteiger partial charge in [-0.3, -0.25) is 4.79 Å². The molecule has 1 aromatic carbocycles. The zero-order chi connectivity index (χ0) is 20.2. The molecule has 2 atom stereocenters. The number of rotatable bonds is 4. The fraction of sp³-hybridized carbons (Fsp3) is 0.579. The standard InChI is InChI=1S/C19H24F3NO4/c1-18(2,3)27-17(25)23-11-14(19(20,21)22)9-15(23)10-16(24)26-12-13-7-5-4-6-8-13/h4-8,14-15H,9-12H2,1-3H3/t14-,15+/m1/s1. The van der Waals surface area contributed by atoms with E-state index in [0.29, 0.717) is 0 Å². The van der Waals surface area contributed by atoms with Gasteiger partial charge in [0, 0.05) is 12.6 Å². The summed E-state index contributed by atoms with van der Waals surface area (Å²) in [7, 11) is 0. The van der Waals surface area contributed by atoms with Crippen LogP contribution in [0.15, 0.2) is 30.3 Å². The van der Waals surface area contributed by atoms with E-state index in [-0.39, 0.29) is 19.4 Å². The van der Waals surface area contributed by atoms with Gasteiger partial charge in [0.1, 0.15) is 12.2 Å². The van der Waals surface area contributed by atoms with Crippen LogP contribution in [0, 0.1) is 5.92 Å². The van der Waals surface area contributed by atoms with Gasteiger partial charge >= 0.3 is 18.2 Å². The van der Waals surface area contributed by atoms with Crippen LogP contribution < -0.4 is 0 Å². The van der Waals surface area contributed by atoms with E-state index in [1.165, 1.54) is 0 Å². The van der Waals surface area contributed by atoms with Crippen molar-refractivity contribution in [3.05, 3.63) is 35.9 Å². The van der Waals surface area contributed by atoms with Gasteiger partial charge in [0.25, 0.3) is 0 Å². The number of carbonyl (C=O) groups excluding carboxylic acids is 2. The Hall–Kier alpha value is -2.25. The second kappa shape index (κ2) is 8.19. The Morgan fingerprint density at radius 2 is 1.78 bits per heavy atom. The number of hydrogen-bond acceptors (Lipinski definition) is 4. The van der Waals surface area contributed by atoms with Crippen LogP contribution in [0.4, 0.5) is 18.0 Å². The number of nitrogens with zero attached hydrogens (tertiary/aromatic N) is 1. The Kier molecular flexibility index (Phi) is 6.38. The van der Waals surface area contributed by atoms with Crippen LogP contribution in [-0.4, -0.2) is 41.3 Å². The fourth-order valence-electron chi connectivity index (χ4n) is 2.88. The molecule has 0 aromatic heterocycles. The highest BCUT2D eigenvalue weighted by Crippen LogP contribution is 2.38. The number of amides is 1. The quantitative estimate of drug-likeness (QED) is 0.723. The first-order chi connectivity index (χ1) is 12.5. The van der Waals surface area contributed by atoms with Gasteiger partial charge in [-0.15, -0.1) is 0 Å². The molecular formula is C19H24F3NO4. The molecular weight excluding hydrogens is 363 g/mol. The van der Waals surface area contributed by atoms with Gasteiger partial charge < -0.3 is 14.4 Å². The van der Waals surface area contributed by atoms with Gasteiger partial charge in [-0.1, -0.05) is 30.3 Å².